The second-order valence-corrected chi connectivity index (χ2v) is 2.77. The lowest BCUT2D eigenvalue weighted by atomic mass is 10.2. The van der Waals surface area contributed by atoms with Crippen LogP contribution in [0.1, 0.15) is 6.92 Å². The Morgan fingerprint density at radius 2 is 2.43 bits per heavy atom. The average Bonchev–Trinajstić information content (AvgIpc) is 2.66. The molecule has 6 heteroatoms. The summed E-state index contributed by atoms with van der Waals surface area (Å²) < 4.78 is 11.2. The quantitative estimate of drug-likeness (QED) is 0.596. The number of carbonyl (C=O) groups is 1. The molecule has 0 saturated carbocycles. The number of methoxy groups -OCH3 is 1. The lowest BCUT2D eigenvalue weighted by molar-refractivity contribution is -0.138. The highest BCUT2D eigenvalue weighted by molar-refractivity contribution is 5.82. The SMILES string of the molecule is COCO[C@@H](C)C(=O)Cn1cncn1. The highest BCUT2D eigenvalue weighted by Crippen LogP contribution is 1.95. The van der Waals surface area contributed by atoms with Crippen molar-refractivity contribution in [1.29, 1.82) is 0 Å². The Labute approximate surface area is 81.8 Å². The smallest absolute Gasteiger partial charge is 0.182 e. The maximum Gasteiger partial charge on any atom is 0.182 e. The van der Waals surface area contributed by atoms with E-state index in [1.54, 1.807) is 6.92 Å². The Morgan fingerprint density at radius 3 is 3.00 bits per heavy atom. The van der Waals surface area contributed by atoms with Crippen LogP contribution in [0.25, 0.3) is 0 Å². The molecule has 1 aromatic rings. The molecule has 0 aliphatic heterocycles. The summed E-state index contributed by atoms with van der Waals surface area (Å²) in [6.07, 6.45) is 2.38. The molecule has 0 fully saturated rings. The molecule has 14 heavy (non-hydrogen) atoms. The minimum Gasteiger partial charge on any atom is -0.359 e. The molecule has 0 aliphatic rings. The van der Waals surface area contributed by atoms with Crippen LogP contribution in [0, 0.1) is 0 Å². The van der Waals surface area contributed by atoms with Crippen molar-refractivity contribution in [3.8, 4) is 0 Å². The average molecular weight is 199 g/mol. The first-order valence-corrected chi connectivity index (χ1v) is 4.19. The highest BCUT2D eigenvalue weighted by atomic mass is 16.7. The van der Waals surface area contributed by atoms with Crippen LogP contribution in [0.5, 0.6) is 0 Å². The van der Waals surface area contributed by atoms with Crippen molar-refractivity contribution in [2.45, 2.75) is 19.6 Å². The third-order valence-corrected chi connectivity index (χ3v) is 1.67. The van der Waals surface area contributed by atoms with E-state index in [0.29, 0.717) is 0 Å². The van der Waals surface area contributed by atoms with E-state index in [2.05, 4.69) is 14.8 Å². The molecule has 0 aromatic carbocycles. The van der Waals surface area contributed by atoms with Crippen LogP contribution in [-0.2, 0) is 20.8 Å². The van der Waals surface area contributed by atoms with Gasteiger partial charge in [0.05, 0.1) is 0 Å². The molecule has 0 N–H and O–H groups in total. The fraction of sp³-hybridized carbons (Fsp3) is 0.625. The van der Waals surface area contributed by atoms with Gasteiger partial charge in [0, 0.05) is 7.11 Å². The van der Waals surface area contributed by atoms with Gasteiger partial charge in [0.1, 0.15) is 32.1 Å². The molecule has 0 spiro atoms. The van der Waals surface area contributed by atoms with Gasteiger partial charge in [-0.3, -0.25) is 4.79 Å². The van der Waals surface area contributed by atoms with Crippen molar-refractivity contribution in [2.24, 2.45) is 0 Å². The van der Waals surface area contributed by atoms with Crippen LogP contribution in [-0.4, -0.2) is 40.6 Å². The Morgan fingerprint density at radius 1 is 1.64 bits per heavy atom. The van der Waals surface area contributed by atoms with Crippen LogP contribution in [0.2, 0.25) is 0 Å². The number of hydrogen-bond donors (Lipinski definition) is 0. The van der Waals surface area contributed by atoms with E-state index in [0.717, 1.165) is 0 Å². The molecule has 6 nitrogen and oxygen atoms in total. The molecular formula is C8H13N3O3. The first-order chi connectivity index (χ1) is 6.74. The summed E-state index contributed by atoms with van der Waals surface area (Å²) in [5.41, 5.74) is 0. The molecule has 78 valence electrons. The third kappa shape index (κ3) is 3.23. The van der Waals surface area contributed by atoms with Crippen molar-refractivity contribution in [1.82, 2.24) is 14.8 Å². The van der Waals surface area contributed by atoms with Crippen LogP contribution in [0.3, 0.4) is 0 Å². The van der Waals surface area contributed by atoms with Crippen molar-refractivity contribution in [3.63, 3.8) is 0 Å². The fourth-order valence-electron chi connectivity index (χ4n) is 0.866. The Hall–Kier alpha value is -1.27. The van der Waals surface area contributed by atoms with Gasteiger partial charge in [-0.2, -0.15) is 5.10 Å². The van der Waals surface area contributed by atoms with Crippen LogP contribution >= 0.6 is 0 Å². The van der Waals surface area contributed by atoms with Crippen molar-refractivity contribution >= 4 is 5.78 Å². The van der Waals surface area contributed by atoms with Gasteiger partial charge < -0.3 is 9.47 Å². The topological polar surface area (TPSA) is 66.2 Å². The summed E-state index contributed by atoms with van der Waals surface area (Å²) >= 11 is 0. The van der Waals surface area contributed by atoms with Crippen molar-refractivity contribution in [2.75, 3.05) is 13.9 Å². The van der Waals surface area contributed by atoms with Gasteiger partial charge in [-0.25, -0.2) is 9.67 Å². The van der Waals surface area contributed by atoms with Crippen LogP contribution in [0.4, 0.5) is 0 Å². The lowest BCUT2D eigenvalue weighted by Gasteiger charge is -2.10. The number of ketones is 1. The van der Waals surface area contributed by atoms with Gasteiger partial charge in [-0.05, 0) is 6.92 Å². The predicted octanol–water partition coefficient (Wildman–Crippen LogP) is -0.144. The Bertz CT molecular complexity index is 273. The van der Waals surface area contributed by atoms with Gasteiger partial charge in [0.2, 0.25) is 0 Å². The maximum absolute atomic E-state index is 11.4. The molecule has 0 bridgehead atoms. The molecular weight excluding hydrogens is 186 g/mol. The van der Waals surface area contributed by atoms with Gasteiger partial charge in [0.15, 0.2) is 5.78 Å². The number of hydrogen-bond acceptors (Lipinski definition) is 5. The standard InChI is InChI=1S/C8H13N3O3/c1-7(14-6-13-2)8(12)3-11-5-9-4-10-11/h4-5,7H,3,6H2,1-2H3/t7-/m0/s1. The molecule has 0 aliphatic carbocycles. The van der Waals surface area contributed by atoms with Crippen LogP contribution in [0.15, 0.2) is 12.7 Å². The zero-order valence-corrected chi connectivity index (χ0v) is 8.21. The molecule has 0 radical (unpaired) electrons. The van der Waals surface area contributed by atoms with Crippen molar-refractivity contribution < 1.29 is 14.3 Å². The zero-order chi connectivity index (χ0) is 10.4. The summed E-state index contributed by atoms with van der Waals surface area (Å²) in [5, 5.41) is 3.82. The van der Waals surface area contributed by atoms with Gasteiger partial charge >= 0.3 is 0 Å². The minimum atomic E-state index is -0.487. The second kappa shape index (κ2) is 5.46. The number of aromatic nitrogens is 3. The Kier molecular flexibility index (Phi) is 4.21. The largest absolute Gasteiger partial charge is 0.359 e. The summed E-state index contributed by atoms with van der Waals surface area (Å²) in [5.74, 6) is -0.0625. The third-order valence-electron chi connectivity index (χ3n) is 1.67. The van der Waals surface area contributed by atoms with Gasteiger partial charge in [-0.1, -0.05) is 0 Å². The summed E-state index contributed by atoms with van der Waals surface area (Å²) in [4.78, 5) is 15.2. The molecule has 0 amide bonds. The predicted molar refractivity (Wildman–Crippen MR) is 47.5 cm³/mol. The first kappa shape index (κ1) is 10.8. The molecule has 0 saturated heterocycles. The normalized spacial score (nSPS) is 12.7. The molecule has 1 aromatic heterocycles. The van der Waals surface area contributed by atoms with Gasteiger partial charge in [-0.15, -0.1) is 0 Å². The zero-order valence-electron chi connectivity index (χ0n) is 8.21. The lowest BCUT2D eigenvalue weighted by Crippen LogP contribution is -2.26. The molecule has 1 heterocycles. The number of Topliss-reactive ketones (excluding diaryl/α,β-unsaturated/α-hetero) is 1. The molecule has 1 atom stereocenters. The minimum absolute atomic E-state index is 0.0625. The van der Waals surface area contributed by atoms with E-state index in [1.165, 1.54) is 24.4 Å². The van der Waals surface area contributed by atoms with Crippen molar-refractivity contribution in [3.05, 3.63) is 12.7 Å². The van der Waals surface area contributed by atoms with E-state index in [-0.39, 0.29) is 19.1 Å². The highest BCUT2D eigenvalue weighted by Gasteiger charge is 2.13. The number of carbonyl (C=O) groups excluding carboxylic acids is 1. The number of nitrogens with zero attached hydrogens (tertiary/aromatic N) is 3. The maximum atomic E-state index is 11.4. The van der Waals surface area contributed by atoms with Crippen LogP contribution < -0.4 is 0 Å². The monoisotopic (exact) mass is 199 g/mol. The first-order valence-electron chi connectivity index (χ1n) is 4.19. The second-order valence-electron chi connectivity index (χ2n) is 2.77. The van der Waals surface area contributed by atoms with E-state index < -0.39 is 6.10 Å². The van der Waals surface area contributed by atoms with Gasteiger partial charge in [0.25, 0.3) is 0 Å². The molecule has 1 rings (SSSR count). The number of ether oxygens (including phenoxy) is 2. The van der Waals surface area contributed by atoms with E-state index in [1.807, 2.05) is 0 Å². The molecule has 0 unspecified atom stereocenters. The van der Waals surface area contributed by atoms with E-state index >= 15 is 0 Å². The summed E-state index contributed by atoms with van der Waals surface area (Å²) in [6.45, 7) is 1.97. The number of rotatable bonds is 6. The summed E-state index contributed by atoms with van der Waals surface area (Å²) in [6, 6.07) is 0. The fourth-order valence-corrected chi connectivity index (χ4v) is 0.866. The summed E-state index contributed by atoms with van der Waals surface area (Å²) in [7, 11) is 1.51. The van der Waals surface area contributed by atoms with E-state index in [4.69, 9.17) is 4.74 Å². The Balaban J connectivity index is 2.34. The van der Waals surface area contributed by atoms with E-state index in [9.17, 15) is 4.79 Å².